The fourth-order valence-corrected chi connectivity index (χ4v) is 3.95. The Hall–Kier alpha value is -3.25. The van der Waals surface area contributed by atoms with E-state index in [0.717, 1.165) is 35.6 Å². The van der Waals surface area contributed by atoms with E-state index in [0.29, 0.717) is 37.6 Å². The third-order valence-corrected chi connectivity index (χ3v) is 5.58. The largest absolute Gasteiger partial charge is 0.493 e. The number of rotatable bonds is 8. The normalized spacial score (nSPS) is 13.2. The second kappa shape index (κ2) is 9.92. The lowest BCUT2D eigenvalue weighted by Crippen LogP contribution is -2.36. The molecule has 0 aliphatic carbocycles. The molecule has 1 aliphatic rings. The highest BCUT2D eigenvalue weighted by molar-refractivity contribution is 5.79. The van der Waals surface area contributed by atoms with Crippen molar-refractivity contribution >= 4 is 5.91 Å². The summed E-state index contributed by atoms with van der Waals surface area (Å²) in [5.74, 6) is 3.24. The minimum absolute atomic E-state index is 0.0845. The number of ether oxygens (including phenoxy) is 2. The molecule has 0 saturated heterocycles. The summed E-state index contributed by atoms with van der Waals surface area (Å²) in [7, 11) is 5.65. The Morgan fingerprint density at radius 3 is 2.62 bits per heavy atom. The molecule has 0 saturated carbocycles. The van der Waals surface area contributed by atoms with Crippen LogP contribution in [0.1, 0.15) is 28.2 Å². The second-order valence-electron chi connectivity index (χ2n) is 8.40. The lowest BCUT2D eigenvalue weighted by atomic mass is 10.1. The van der Waals surface area contributed by atoms with Gasteiger partial charge in [-0.2, -0.15) is 0 Å². The molecule has 0 radical (unpaired) electrons. The quantitative estimate of drug-likeness (QED) is 0.535. The zero-order chi connectivity index (χ0) is 22.5. The first-order chi connectivity index (χ1) is 15.5. The van der Waals surface area contributed by atoms with E-state index in [-0.39, 0.29) is 5.91 Å². The molecule has 2 heterocycles. The number of fused-ring (bicyclic) bond motifs is 1. The van der Waals surface area contributed by atoms with Crippen LogP contribution in [-0.2, 0) is 37.3 Å². The van der Waals surface area contributed by atoms with Crippen molar-refractivity contribution in [1.29, 1.82) is 0 Å². The van der Waals surface area contributed by atoms with E-state index in [9.17, 15) is 4.79 Å². The van der Waals surface area contributed by atoms with Crippen molar-refractivity contribution in [3.8, 4) is 11.5 Å². The number of benzene rings is 2. The molecule has 168 valence electrons. The van der Waals surface area contributed by atoms with E-state index >= 15 is 0 Å². The van der Waals surface area contributed by atoms with Crippen LogP contribution >= 0.6 is 0 Å². The standard InChI is InChI=1S/C26H30N2O4/c1-27(2)16-22-15-21-11-12-28(17-25(21)32-22)26(29)14-20-9-10-23(24(13-20)30-3)31-18-19-7-5-4-6-8-19/h4-10,13,15H,11-12,14,16-18H2,1-3H3. The van der Waals surface area contributed by atoms with Crippen LogP contribution in [0.2, 0.25) is 0 Å². The van der Waals surface area contributed by atoms with E-state index in [4.69, 9.17) is 13.9 Å². The maximum atomic E-state index is 13.0. The molecule has 4 rings (SSSR count). The van der Waals surface area contributed by atoms with Crippen LogP contribution in [-0.4, -0.2) is 43.5 Å². The molecule has 0 fully saturated rings. The lowest BCUT2D eigenvalue weighted by molar-refractivity contribution is -0.131. The monoisotopic (exact) mass is 434 g/mol. The Balaban J connectivity index is 1.38. The molecule has 0 atom stereocenters. The lowest BCUT2D eigenvalue weighted by Gasteiger charge is -2.26. The number of carbonyl (C=O) groups excluding carboxylic acids is 1. The van der Waals surface area contributed by atoms with E-state index in [1.807, 2.05) is 67.5 Å². The van der Waals surface area contributed by atoms with Gasteiger partial charge in [0.2, 0.25) is 5.91 Å². The third-order valence-electron chi connectivity index (χ3n) is 5.58. The predicted octanol–water partition coefficient (Wildman–Crippen LogP) is 4.06. The fourth-order valence-electron chi connectivity index (χ4n) is 3.95. The number of methoxy groups -OCH3 is 1. The van der Waals surface area contributed by atoms with Crippen LogP contribution in [0.3, 0.4) is 0 Å². The Morgan fingerprint density at radius 2 is 1.88 bits per heavy atom. The topological polar surface area (TPSA) is 55.2 Å². The van der Waals surface area contributed by atoms with Gasteiger partial charge < -0.3 is 23.7 Å². The first kappa shape index (κ1) is 22.0. The van der Waals surface area contributed by atoms with Crippen molar-refractivity contribution in [2.24, 2.45) is 0 Å². The van der Waals surface area contributed by atoms with E-state index in [1.165, 1.54) is 5.56 Å². The highest BCUT2D eigenvalue weighted by Gasteiger charge is 2.24. The van der Waals surface area contributed by atoms with Crippen molar-refractivity contribution in [2.45, 2.75) is 32.5 Å². The summed E-state index contributed by atoms with van der Waals surface area (Å²) in [4.78, 5) is 16.9. The molecule has 6 heteroatoms. The summed E-state index contributed by atoms with van der Waals surface area (Å²) in [5, 5.41) is 0. The number of hydrogen-bond donors (Lipinski definition) is 0. The number of nitrogens with zero attached hydrogens (tertiary/aromatic N) is 2. The number of furan rings is 1. The summed E-state index contributed by atoms with van der Waals surface area (Å²) >= 11 is 0. The van der Waals surface area contributed by atoms with Crippen LogP contribution in [0, 0.1) is 0 Å². The van der Waals surface area contributed by atoms with Crippen LogP contribution in [0.5, 0.6) is 11.5 Å². The molecule has 2 aromatic carbocycles. The zero-order valence-corrected chi connectivity index (χ0v) is 19.0. The maximum Gasteiger partial charge on any atom is 0.227 e. The van der Waals surface area contributed by atoms with Gasteiger partial charge in [-0.15, -0.1) is 0 Å². The molecule has 32 heavy (non-hydrogen) atoms. The van der Waals surface area contributed by atoms with Gasteiger partial charge in [-0.05, 0) is 55.4 Å². The molecule has 1 amide bonds. The van der Waals surface area contributed by atoms with Gasteiger partial charge in [0.05, 0.1) is 26.6 Å². The molecule has 0 spiro atoms. The van der Waals surface area contributed by atoms with E-state index in [1.54, 1.807) is 7.11 Å². The third kappa shape index (κ3) is 5.32. The van der Waals surface area contributed by atoms with Gasteiger partial charge in [0.25, 0.3) is 0 Å². The van der Waals surface area contributed by atoms with Gasteiger partial charge >= 0.3 is 0 Å². The SMILES string of the molecule is COc1cc(CC(=O)N2CCc3cc(CN(C)C)oc3C2)ccc1OCc1ccccc1. The summed E-state index contributed by atoms with van der Waals surface area (Å²) in [6.45, 7) is 2.46. The van der Waals surface area contributed by atoms with Gasteiger partial charge in [-0.25, -0.2) is 0 Å². The maximum absolute atomic E-state index is 13.0. The molecular formula is C26H30N2O4. The molecule has 1 aromatic heterocycles. The van der Waals surface area contributed by atoms with Gasteiger partial charge in [-0.1, -0.05) is 36.4 Å². The number of hydrogen-bond acceptors (Lipinski definition) is 5. The number of amides is 1. The van der Waals surface area contributed by atoms with Crippen molar-refractivity contribution in [3.05, 3.63) is 82.8 Å². The van der Waals surface area contributed by atoms with Crippen molar-refractivity contribution in [1.82, 2.24) is 9.80 Å². The number of carbonyl (C=O) groups is 1. The second-order valence-corrected chi connectivity index (χ2v) is 8.40. The first-order valence-electron chi connectivity index (χ1n) is 10.9. The highest BCUT2D eigenvalue weighted by atomic mass is 16.5. The van der Waals surface area contributed by atoms with Crippen molar-refractivity contribution < 1.29 is 18.7 Å². The Labute approximate surface area is 189 Å². The van der Waals surface area contributed by atoms with Crippen LogP contribution in [0.15, 0.2) is 59.0 Å². The summed E-state index contributed by atoms with van der Waals surface area (Å²) in [6, 6.07) is 17.8. The molecular weight excluding hydrogens is 404 g/mol. The zero-order valence-electron chi connectivity index (χ0n) is 19.0. The summed E-state index contributed by atoms with van der Waals surface area (Å²) < 4.78 is 17.4. The van der Waals surface area contributed by atoms with Gasteiger partial charge in [0.15, 0.2) is 11.5 Å². The van der Waals surface area contributed by atoms with Crippen molar-refractivity contribution in [2.75, 3.05) is 27.7 Å². The minimum atomic E-state index is 0.0845. The summed E-state index contributed by atoms with van der Waals surface area (Å²) in [6.07, 6.45) is 1.14. The Bertz CT molecular complexity index is 1060. The molecule has 1 aliphatic heterocycles. The average Bonchev–Trinajstić information content (AvgIpc) is 3.19. The molecule has 6 nitrogen and oxygen atoms in total. The van der Waals surface area contributed by atoms with Crippen LogP contribution in [0.4, 0.5) is 0 Å². The smallest absolute Gasteiger partial charge is 0.227 e. The Morgan fingerprint density at radius 1 is 1.06 bits per heavy atom. The van der Waals surface area contributed by atoms with Gasteiger partial charge in [-0.3, -0.25) is 4.79 Å². The van der Waals surface area contributed by atoms with E-state index < -0.39 is 0 Å². The first-order valence-corrected chi connectivity index (χ1v) is 10.9. The molecule has 0 bridgehead atoms. The highest BCUT2D eigenvalue weighted by Crippen LogP contribution is 2.30. The molecule has 3 aromatic rings. The average molecular weight is 435 g/mol. The van der Waals surface area contributed by atoms with Crippen molar-refractivity contribution in [3.63, 3.8) is 0 Å². The predicted molar refractivity (Wildman–Crippen MR) is 123 cm³/mol. The fraction of sp³-hybridized carbons (Fsp3) is 0.346. The Kier molecular flexibility index (Phi) is 6.81. The minimum Gasteiger partial charge on any atom is -0.493 e. The van der Waals surface area contributed by atoms with E-state index in [2.05, 4.69) is 11.0 Å². The molecule has 0 N–H and O–H groups in total. The van der Waals surface area contributed by atoms with Crippen LogP contribution < -0.4 is 9.47 Å². The van der Waals surface area contributed by atoms with Crippen LogP contribution in [0.25, 0.3) is 0 Å². The molecule has 0 unspecified atom stereocenters. The summed E-state index contributed by atoms with van der Waals surface area (Å²) in [5.41, 5.74) is 3.20. The van der Waals surface area contributed by atoms with Gasteiger partial charge in [0, 0.05) is 6.54 Å². The van der Waals surface area contributed by atoms with Gasteiger partial charge in [0.1, 0.15) is 18.1 Å².